The van der Waals surface area contributed by atoms with Gasteiger partial charge >= 0.3 is 6.09 Å². The molecule has 2 atom stereocenters. The molecule has 28 heavy (non-hydrogen) atoms. The molecule has 0 aromatic heterocycles. The third kappa shape index (κ3) is 7.97. The van der Waals surface area contributed by atoms with E-state index in [1.54, 1.807) is 39.2 Å². The van der Waals surface area contributed by atoms with Gasteiger partial charge in [-0.3, -0.25) is 0 Å². The van der Waals surface area contributed by atoms with Gasteiger partial charge in [-0.2, -0.15) is 0 Å². The standard InChI is InChI=1S/C22H37NO5/c1-9-10-15(2)14-27-16-11-12-17(18(13-16)26-8)19(22(6,7)25)28-20(24)23-21(3,4)5/h11-13,15,19,25H,9-10,14H2,1-8H3,(H,23,24)/t15-,19-/m1/s1. The van der Waals surface area contributed by atoms with Gasteiger partial charge in [0.2, 0.25) is 0 Å². The van der Waals surface area contributed by atoms with Crippen molar-refractivity contribution in [3.63, 3.8) is 0 Å². The monoisotopic (exact) mass is 395 g/mol. The summed E-state index contributed by atoms with van der Waals surface area (Å²) in [7, 11) is 1.54. The van der Waals surface area contributed by atoms with E-state index in [-0.39, 0.29) is 0 Å². The molecule has 160 valence electrons. The van der Waals surface area contributed by atoms with Crippen molar-refractivity contribution in [2.75, 3.05) is 13.7 Å². The lowest BCUT2D eigenvalue weighted by molar-refractivity contribution is -0.0594. The first-order valence-corrected chi connectivity index (χ1v) is 9.89. The fraction of sp³-hybridized carbons (Fsp3) is 0.682. The van der Waals surface area contributed by atoms with Crippen molar-refractivity contribution in [3.05, 3.63) is 23.8 Å². The van der Waals surface area contributed by atoms with E-state index < -0.39 is 23.3 Å². The largest absolute Gasteiger partial charge is 0.496 e. The number of hydrogen-bond acceptors (Lipinski definition) is 5. The molecule has 0 aliphatic carbocycles. The number of benzene rings is 1. The van der Waals surface area contributed by atoms with Crippen LogP contribution >= 0.6 is 0 Å². The van der Waals surface area contributed by atoms with Gasteiger partial charge in [0.1, 0.15) is 17.1 Å². The summed E-state index contributed by atoms with van der Waals surface area (Å²) >= 11 is 0. The van der Waals surface area contributed by atoms with Crippen molar-refractivity contribution in [2.45, 2.75) is 78.6 Å². The Hall–Kier alpha value is -1.95. The second kappa shape index (κ2) is 10.0. The molecule has 0 bridgehead atoms. The SMILES string of the molecule is CCC[C@@H](C)COc1ccc([C@@H](OC(=O)NC(C)(C)C)C(C)(C)O)c(OC)c1. The molecule has 6 heteroatoms. The summed E-state index contributed by atoms with van der Waals surface area (Å²) in [5, 5.41) is 13.4. The minimum atomic E-state index is -1.31. The van der Waals surface area contributed by atoms with Gasteiger partial charge in [-0.25, -0.2) is 4.79 Å². The third-order valence-corrected chi connectivity index (χ3v) is 4.15. The first-order chi connectivity index (χ1) is 12.9. The molecule has 1 rings (SSSR count). The van der Waals surface area contributed by atoms with Gasteiger partial charge in [0.25, 0.3) is 0 Å². The number of nitrogens with one attached hydrogen (secondary N) is 1. The number of ether oxygens (including phenoxy) is 3. The Morgan fingerprint density at radius 2 is 1.86 bits per heavy atom. The van der Waals surface area contributed by atoms with Crippen LogP contribution in [0.1, 0.15) is 73.0 Å². The van der Waals surface area contributed by atoms with Gasteiger partial charge in [0, 0.05) is 17.2 Å². The fourth-order valence-corrected chi connectivity index (χ4v) is 2.84. The Morgan fingerprint density at radius 3 is 2.36 bits per heavy atom. The molecule has 1 amide bonds. The van der Waals surface area contributed by atoms with Crippen molar-refractivity contribution < 1.29 is 24.1 Å². The summed E-state index contributed by atoms with van der Waals surface area (Å²) < 4.78 is 16.9. The maximum absolute atomic E-state index is 12.3. The summed E-state index contributed by atoms with van der Waals surface area (Å²) in [5.41, 5.74) is -1.17. The average molecular weight is 396 g/mol. The third-order valence-electron chi connectivity index (χ3n) is 4.15. The predicted molar refractivity (Wildman–Crippen MR) is 111 cm³/mol. The Balaban J connectivity index is 3.05. The number of carbonyl (C=O) groups is 1. The number of hydrogen-bond donors (Lipinski definition) is 2. The molecular weight excluding hydrogens is 358 g/mol. The van der Waals surface area contributed by atoms with E-state index in [1.165, 1.54) is 0 Å². The first kappa shape index (κ1) is 24.1. The van der Waals surface area contributed by atoms with Crippen LogP contribution in [0.3, 0.4) is 0 Å². The molecule has 0 aliphatic rings. The number of methoxy groups -OCH3 is 1. The lowest BCUT2D eigenvalue weighted by Gasteiger charge is -2.32. The second-order valence-corrected chi connectivity index (χ2v) is 8.92. The highest BCUT2D eigenvalue weighted by atomic mass is 16.6. The quantitative estimate of drug-likeness (QED) is 0.625. The number of alkyl carbamates (subject to hydrolysis) is 1. The predicted octanol–water partition coefficient (Wildman–Crippen LogP) is 4.85. The molecule has 0 spiro atoms. The van der Waals surface area contributed by atoms with Crippen LogP contribution in [0.5, 0.6) is 11.5 Å². The molecule has 6 nitrogen and oxygen atoms in total. The molecule has 0 aliphatic heterocycles. The second-order valence-electron chi connectivity index (χ2n) is 8.92. The molecule has 0 unspecified atom stereocenters. The van der Waals surface area contributed by atoms with E-state index in [0.717, 1.165) is 12.8 Å². The van der Waals surface area contributed by atoms with Crippen LogP contribution in [0.25, 0.3) is 0 Å². The minimum absolute atomic E-state index is 0.446. The van der Waals surface area contributed by atoms with Crippen LogP contribution in [0, 0.1) is 5.92 Å². The molecular formula is C22H37NO5. The van der Waals surface area contributed by atoms with Crippen LogP contribution in [0.2, 0.25) is 0 Å². The minimum Gasteiger partial charge on any atom is -0.496 e. The van der Waals surface area contributed by atoms with E-state index in [2.05, 4.69) is 19.2 Å². The Kier molecular flexibility index (Phi) is 8.61. The van der Waals surface area contributed by atoms with E-state index in [1.807, 2.05) is 20.8 Å². The fourth-order valence-electron chi connectivity index (χ4n) is 2.84. The highest BCUT2D eigenvalue weighted by Gasteiger charge is 2.35. The molecule has 0 saturated heterocycles. The normalized spacial score (nSPS) is 14.2. The molecule has 0 radical (unpaired) electrons. The van der Waals surface area contributed by atoms with E-state index in [9.17, 15) is 9.90 Å². The van der Waals surface area contributed by atoms with Crippen LogP contribution < -0.4 is 14.8 Å². The van der Waals surface area contributed by atoms with Crippen molar-refractivity contribution in [1.82, 2.24) is 5.32 Å². The van der Waals surface area contributed by atoms with Crippen LogP contribution in [0.4, 0.5) is 4.79 Å². The van der Waals surface area contributed by atoms with Crippen molar-refractivity contribution in [3.8, 4) is 11.5 Å². The van der Waals surface area contributed by atoms with Crippen molar-refractivity contribution in [2.24, 2.45) is 5.92 Å². The van der Waals surface area contributed by atoms with Crippen molar-refractivity contribution in [1.29, 1.82) is 0 Å². The maximum atomic E-state index is 12.3. The first-order valence-electron chi connectivity index (χ1n) is 9.89. The van der Waals surface area contributed by atoms with Crippen LogP contribution in [0.15, 0.2) is 18.2 Å². The smallest absolute Gasteiger partial charge is 0.408 e. The summed E-state index contributed by atoms with van der Waals surface area (Å²) in [6, 6.07) is 5.34. The van der Waals surface area contributed by atoms with Crippen LogP contribution in [-0.4, -0.2) is 36.1 Å². The highest BCUT2D eigenvalue weighted by molar-refractivity contribution is 5.68. The van der Waals surface area contributed by atoms with Gasteiger partial charge in [-0.05, 0) is 59.1 Å². The lowest BCUT2D eigenvalue weighted by atomic mass is 9.93. The van der Waals surface area contributed by atoms with Gasteiger partial charge in [0.15, 0.2) is 6.10 Å². The van der Waals surface area contributed by atoms with Gasteiger partial charge < -0.3 is 24.6 Å². The van der Waals surface area contributed by atoms with Gasteiger partial charge in [0.05, 0.1) is 13.7 Å². The van der Waals surface area contributed by atoms with Gasteiger partial charge in [-0.1, -0.05) is 20.3 Å². The summed E-state index contributed by atoms with van der Waals surface area (Å²) in [4.78, 5) is 12.3. The Bertz CT molecular complexity index is 631. The van der Waals surface area contributed by atoms with Crippen molar-refractivity contribution >= 4 is 6.09 Å². The summed E-state index contributed by atoms with van der Waals surface area (Å²) in [6.45, 7) is 13.7. The molecule has 1 aromatic carbocycles. The van der Waals surface area contributed by atoms with Crippen LogP contribution in [-0.2, 0) is 4.74 Å². The molecule has 1 aromatic rings. The zero-order chi connectivity index (χ0) is 21.5. The maximum Gasteiger partial charge on any atom is 0.408 e. The van der Waals surface area contributed by atoms with Gasteiger partial charge in [-0.15, -0.1) is 0 Å². The molecule has 2 N–H and O–H groups in total. The topological polar surface area (TPSA) is 77.0 Å². The Labute approximate surface area is 169 Å². The summed E-state index contributed by atoms with van der Waals surface area (Å²) in [5.74, 6) is 1.64. The summed E-state index contributed by atoms with van der Waals surface area (Å²) in [6.07, 6.45) is 0.717. The lowest BCUT2D eigenvalue weighted by Crippen LogP contribution is -2.43. The van der Waals surface area contributed by atoms with E-state index in [4.69, 9.17) is 14.2 Å². The Morgan fingerprint density at radius 1 is 1.21 bits per heavy atom. The van der Waals surface area contributed by atoms with E-state index >= 15 is 0 Å². The number of carbonyl (C=O) groups excluding carboxylic acids is 1. The molecule has 0 fully saturated rings. The zero-order valence-corrected chi connectivity index (χ0v) is 18.6. The molecule has 0 saturated carbocycles. The number of rotatable bonds is 9. The van der Waals surface area contributed by atoms with E-state index in [0.29, 0.717) is 29.6 Å². The number of amides is 1. The zero-order valence-electron chi connectivity index (χ0n) is 18.6. The highest BCUT2D eigenvalue weighted by Crippen LogP contribution is 2.37. The molecule has 0 heterocycles. The number of aliphatic hydroxyl groups is 1. The average Bonchev–Trinajstić information content (AvgIpc) is 2.55.